The number of carbonyl (C=O) groups is 1. The minimum Gasteiger partial charge on any atom is -0.770 e. The predicted molar refractivity (Wildman–Crippen MR) is 101 cm³/mol. The third-order valence-electron chi connectivity index (χ3n) is 3.49. The van der Waals surface area contributed by atoms with Crippen LogP contribution >= 0.6 is 7.60 Å². The molecular formula is C19H32NaO5P. The second-order valence-electron chi connectivity index (χ2n) is 6.28. The van der Waals surface area contributed by atoms with Crippen molar-refractivity contribution < 1.29 is 53.1 Å². The Balaban J connectivity index is 0. The van der Waals surface area contributed by atoms with Gasteiger partial charge in [0.05, 0.1) is 13.2 Å². The molecule has 0 aromatic heterocycles. The summed E-state index contributed by atoms with van der Waals surface area (Å²) in [5, 5.41) is 0. The quantitative estimate of drug-likeness (QED) is 0.220. The minimum atomic E-state index is -4.57. The topological polar surface area (TPSA) is 75.7 Å². The van der Waals surface area contributed by atoms with Gasteiger partial charge in [0.1, 0.15) is 0 Å². The van der Waals surface area contributed by atoms with E-state index in [0.29, 0.717) is 6.42 Å². The molecule has 0 aliphatic heterocycles. The molecule has 0 saturated heterocycles. The van der Waals surface area contributed by atoms with Crippen LogP contribution in [0.4, 0.5) is 4.79 Å². The summed E-state index contributed by atoms with van der Waals surface area (Å²) in [6.45, 7) is 9.87. The summed E-state index contributed by atoms with van der Waals surface area (Å²) < 4.78 is 20.5. The van der Waals surface area contributed by atoms with E-state index >= 15 is 0 Å². The SMILES string of the molecule is CCOC(=O)P(=O)([O-])OCC/C=C(\C)CC/C=C(\C)CCC=C(C)C.[Na+]. The molecule has 1 atom stereocenters. The third kappa shape index (κ3) is 15.0. The summed E-state index contributed by atoms with van der Waals surface area (Å²) >= 11 is 0. The summed E-state index contributed by atoms with van der Waals surface area (Å²) in [5.74, 6) is 0. The number of rotatable bonds is 12. The van der Waals surface area contributed by atoms with Crippen molar-refractivity contribution in [1.82, 2.24) is 0 Å². The molecule has 0 rings (SSSR count). The summed E-state index contributed by atoms with van der Waals surface area (Å²) in [6, 6.07) is 0. The van der Waals surface area contributed by atoms with Gasteiger partial charge < -0.3 is 14.2 Å². The van der Waals surface area contributed by atoms with Crippen LogP contribution in [0.3, 0.4) is 0 Å². The second kappa shape index (κ2) is 15.9. The van der Waals surface area contributed by atoms with Crippen molar-refractivity contribution in [2.24, 2.45) is 0 Å². The van der Waals surface area contributed by atoms with Gasteiger partial charge in [-0.25, -0.2) is 4.79 Å². The van der Waals surface area contributed by atoms with Crippen molar-refractivity contribution in [1.29, 1.82) is 0 Å². The van der Waals surface area contributed by atoms with Gasteiger partial charge in [-0.3, -0.25) is 4.57 Å². The van der Waals surface area contributed by atoms with Crippen LogP contribution in [0.2, 0.25) is 0 Å². The fraction of sp³-hybridized carbons (Fsp3) is 0.632. The van der Waals surface area contributed by atoms with Gasteiger partial charge in [-0.1, -0.05) is 34.9 Å². The van der Waals surface area contributed by atoms with E-state index in [-0.39, 0.29) is 42.8 Å². The fourth-order valence-electron chi connectivity index (χ4n) is 2.07. The maximum atomic E-state index is 11.4. The van der Waals surface area contributed by atoms with Gasteiger partial charge in [0.15, 0.2) is 0 Å². The maximum Gasteiger partial charge on any atom is 1.00 e. The van der Waals surface area contributed by atoms with Gasteiger partial charge in [0.25, 0.3) is 0 Å². The summed E-state index contributed by atoms with van der Waals surface area (Å²) in [5.41, 5.74) is 2.60. The Morgan fingerprint density at radius 3 is 1.96 bits per heavy atom. The van der Waals surface area contributed by atoms with E-state index in [4.69, 9.17) is 0 Å². The summed E-state index contributed by atoms with van der Waals surface area (Å²) in [4.78, 5) is 22.6. The maximum absolute atomic E-state index is 11.4. The van der Waals surface area contributed by atoms with Crippen molar-refractivity contribution in [2.75, 3.05) is 13.2 Å². The smallest absolute Gasteiger partial charge is 0.770 e. The average Bonchev–Trinajstić information content (AvgIpc) is 2.51. The molecule has 0 aliphatic carbocycles. The van der Waals surface area contributed by atoms with E-state index in [1.807, 2.05) is 13.0 Å². The standard InChI is InChI=1S/C19H33O5P.Na/c1-6-23-19(20)25(21,22)24-15-9-14-18(5)13-8-12-17(4)11-7-10-16(2)3;/h10,12,14H,6-9,11,13,15H2,1-5H3,(H,21,22);/q;+1/p-1/b17-12+,18-14+;. The van der Waals surface area contributed by atoms with Crippen molar-refractivity contribution >= 4 is 13.3 Å². The number of carbonyl (C=O) groups excluding carboxylic acids is 1. The van der Waals surface area contributed by atoms with Gasteiger partial charge in [-0.15, -0.1) is 0 Å². The van der Waals surface area contributed by atoms with Crippen molar-refractivity contribution in [3.8, 4) is 0 Å². The van der Waals surface area contributed by atoms with Crippen molar-refractivity contribution in [3.05, 3.63) is 34.9 Å². The molecule has 0 spiro atoms. The molecule has 0 aromatic carbocycles. The van der Waals surface area contributed by atoms with Crippen molar-refractivity contribution in [3.63, 3.8) is 0 Å². The molecule has 0 amide bonds. The molecule has 0 aromatic rings. The Hall–Kier alpha value is -0.160. The van der Waals surface area contributed by atoms with Crippen molar-refractivity contribution in [2.45, 2.75) is 66.7 Å². The first kappa shape index (κ1) is 28.1. The molecule has 0 heterocycles. The van der Waals surface area contributed by atoms with Crippen LogP contribution < -0.4 is 34.5 Å². The molecule has 0 aliphatic rings. The Labute approximate surface area is 180 Å². The van der Waals surface area contributed by atoms with Gasteiger partial charge in [0, 0.05) is 0 Å². The second-order valence-corrected chi connectivity index (χ2v) is 7.90. The molecule has 0 saturated carbocycles. The Morgan fingerprint density at radius 2 is 1.46 bits per heavy atom. The fourth-order valence-corrected chi connectivity index (χ4v) is 2.81. The first-order valence-corrected chi connectivity index (χ1v) is 10.3. The van der Waals surface area contributed by atoms with Crippen LogP contribution in [-0.4, -0.2) is 18.9 Å². The van der Waals surface area contributed by atoms with Gasteiger partial charge in [-0.05, 0) is 66.7 Å². The molecule has 26 heavy (non-hydrogen) atoms. The van der Waals surface area contributed by atoms with Crippen LogP contribution in [0.5, 0.6) is 0 Å². The van der Waals surface area contributed by atoms with E-state index in [2.05, 4.69) is 42.2 Å². The molecular weight excluding hydrogens is 362 g/mol. The van der Waals surface area contributed by atoms with E-state index in [0.717, 1.165) is 25.7 Å². The van der Waals surface area contributed by atoms with E-state index < -0.39 is 13.3 Å². The largest absolute Gasteiger partial charge is 1.00 e. The summed E-state index contributed by atoms with van der Waals surface area (Å²) in [6.07, 6.45) is 10.9. The Morgan fingerprint density at radius 1 is 0.962 bits per heavy atom. The molecule has 0 radical (unpaired) electrons. The van der Waals surface area contributed by atoms with Crippen LogP contribution in [0, 0.1) is 0 Å². The normalized spacial score (nSPS) is 14.2. The summed E-state index contributed by atoms with van der Waals surface area (Å²) in [7, 11) is -4.57. The number of hydrogen-bond acceptors (Lipinski definition) is 5. The van der Waals surface area contributed by atoms with E-state index in [9.17, 15) is 14.3 Å². The zero-order valence-electron chi connectivity index (χ0n) is 17.2. The molecule has 5 nitrogen and oxygen atoms in total. The number of ether oxygens (including phenoxy) is 1. The van der Waals surface area contributed by atoms with Crippen LogP contribution in [-0.2, 0) is 13.8 Å². The first-order valence-electron chi connectivity index (χ1n) is 8.76. The minimum absolute atomic E-state index is 0. The first-order chi connectivity index (χ1) is 11.7. The average molecular weight is 394 g/mol. The monoisotopic (exact) mass is 394 g/mol. The zero-order valence-corrected chi connectivity index (χ0v) is 20.1. The molecule has 7 heteroatoms. The van der Waals surface area contributed by atoms with Crippen LogP contribution in [0.1, 0.15) is 66.7 Å². The third-order valence-corrected chi connectivity index (χ3v) is 4.58. The predicted octanol–water partition coefficient (Wildman–Crippen LogP) is 2.53. The van der Waals surface area contributed by atoms with Gasteiger partial charge in [-0.2, -0.15) is 0 Å². The van der Waals surface area contributed by atoms with Crippen LogP contribution in [0.25, 0.3) is 0 Å². The molecule has 0 fully saturated rings. The molecule has 144 valence electrons. The number of allylic oxidation sites excluding steroid dienone is 5. The molecule has 0 N–H and O–H groups in total. The number of hydrogen-bond donors (Lipinski definition) is 0. The van der Waals surface area contributed by atoms with Gasteiger partial charge >= 0.3 is 35.3 Å². The molecule has 1 unspecified atom stereocenters. The van der Waals surface area contributed by atoms with E-state index in [1.54, 1.807) is 6.92 Å². The Kier molecular flexibility index (Phi) is 17.1. The Bertz CT molecular complexity index is 548. The molecule has 0 bridgehead atoms. The van der Waals surface area contributed by atoms with Crippen LogP contribution in [0.15, 0.2) is 34.9 Å². The zero-order chi connectivity index (χ0) is 19.3. The van der Waals surface area contributed by atoms with Gasteiger partial charge in [0.2, 0.25) is 7.60 Å². The van der Waals surface area contributed by atoms with E-state index in [1.165, 1.54) is 16.7 Å².